The molecule has 0 aliphatic carbocycles. The summed E-state index contributed by atoms with van der Waals surface area (Å²) in [5, 5.41) is 26.2. The first-order chi connectivity index (χ1) is 6.04. The van der Waals surface area contributed by atoms with Crippen LogP contribution in [0.3, 0.4) is 0 Å². The van der Waals surface area contributed by atoms with Gasteiger partial charge in [-0.25, -0.2) is 4.79 Å². The van der Waals surface area contributed by atoms with E-state index in [9.17, 15) is 4.79 Å². The molecular weight excluding hydrogens is 175 g/mol. The zero-order valence-corrected chi connectivity index (χ0v) is 6.51. The van der Waals surface area contributed by atoms with Gasteiger partial charge in [-0.1, -0.05) is 0 Å². The SMILES string of the molecule is Nc1cncc(B(O)O)c1C(=O)O. The van der Waals surface area contributed by atoms with Crippen LogP contribution in [-0.4, -0.2) is 33.2 Å². The van der Waals surface area contributed by atoms with Gasteiger partial charge in [-0.2, -0.15) is 0 Å². The van der Waals surface area contributed by atoms with Crippen molar-refractivity contribution in [3.63, 3.8) is 0 Å². The minimum atomic E-state index is -1.89. The number of carbonyl (C=O) groups is 1. The van der Waals surface area contributed by atoms with E-state index in [1.165, 1.54) is 0 Å². The Morgan fingerprint density at radius 3 is 2.46 bits per heavy atom. The van der Waals surface area contributed by atoms with Crippen molar-refractivity contribution in [3.05, 3.63) is 18.0 Å². The third kappa shape index (κ3) is 1.77. The van der Waals surface area contributed by atoms with Crippen LogP contribution in [0.1, 0.15) is 10.4 Å². The average Bonchev–Trinajstić information content (AvgIpc) is 2.02. The Bertz CT molecular complexity index is 341. The van der Waals surface area contributed by atoms with Crippen LogP contribution in [-0.2, 0) is 0 Å². The van der Waals surface area contributed by atoms with E-state index in [0.717, 1.165) is 12.4 Å². The van der Waals surface area contributed by atoms with Gasteiger partial charge in [-0.15, -0.1) is 0 Å². The van der Waals surface area contributed by atoms with E-state index in [2.05, 4.69) is 4.98 Å². The summed E-state index contributed by atoms with van der Waals surface area (Å²) in [4.78, 5) is 14.2. The molecule has 0 bridgehead atoms. The summed E-state index contributed by atoms with van der Waals surface area (Å²) < 4.78 is 0. The molecule has 0 aliphatic heterocycles. The Hall–Kier alpha value is -1.60. The summed E-state index contributed by atoms with van der Waals surface area (Å²) in [6.45, 7) is 0. The lowest BCUT2D eigenvalue weighted by Gasteiger charge is -2.05. The number of carboxylic acid groups (broad SMARTS) is 1. The molecule has 0 fully saturated rings. The Kier molecular flexibility index (Phi) is 2.50. The van der Waals surface area contributed by atoms with Crippen LogP contribution in [0.15, 0.2) is 12.4 Å². The van der Waals surface area contributed by atoms with Crippen molar-refractivity contribution in [3.8, 4) is 0 Å². The molecule has 1 aromatic rings. The molecule has 13 heavy (non-hydrogen) atoms. The number of aromatic carboxylic acids is 1. The molecule has 0 radical (unpaired) electrons. The van der Waals surface area contributed by atoms with E-state index < -0.39 is 13.1 Å². The normalized spacial score (nSPS) is 9.69. The molecule has 68 valence electrons. The molecule has 1 aromatic heterocycles. The fourth-order valence-corrected chi connectivity index (χ4v) is 0.936. The quantitative estimate of drug-likeness (QED) is 0.394. The number of aromatic nitrogens is 1. The molecule has 0 aliphatic rings. The Morgan fingerprint density at radius 2 is 2.08 bits per heavy atom. The van der Waals surface area contributed by atoms with Crippen LogP contribution < -0.4 is 11.2 Å². The summed E-state index contributed by atoms with van der Waals surface area (Å²) in [5.41, 5.74) is 4.65. The highest BCUT2D eigenvalue weighted by Crippen LogP contribution is 2.06. The van der Waals surface area contributed by atoms with Gasteiger partial charge in [0.15, 0.2) is 0 Å². The van der Waals surface area contributed by atoms with E-state index in [0.29, 0.717) is 0 Å². The number of anilines is 1. The molecule has 5 N–H and O–H groups in total. The minimum absolute atomic E-state index is 0.0990. The van der Waals surface area contributed by atoms with E-state index in [1.807, 2.05) is 0 Å². The molecule has 1 rings (SSSR count). The largest absolute Gasteiger partial charge is 0.490 e. The number of rotatable bonds is 2. The predicted molar refractivity (Wildman–Crippen MR) is 45.4 cm³/mol. The second-order valence-corrected chi connectivity index (χ2v) is 2.37. The van der Waals surface area contributed by atoms with Gasteiger partial charge in [0.25, 0.3) is 0 Å². The summed E-state index contributed by atoms with van der Waals surface area (Å²) in [5.74, 6) is -1.32. The van der Waals surface area contributed by atoms with Crippen LogP contribution in [0, 0.1) is 0 Å². The average molecular weight is 182 g/mol. The maximum atomic E-state index is 10.6. The Balaban J connectivity index is 3.34. The number of hydrogen-bond acceptors (Lipinski definition) is 5. The molecule has 0 unspecified atom stereocenters. The molecule has 0 spiro atoms. The second kappa shape index (κ2) is 3.42. The highest BCUT2D eigenvalue weighted by atomic mass is 16.4. The second-order valence-electron chi connectivity index (χ2n) is 2.37. The zero-order chi connectivity index (χ0) is 10.0. The number of carboxylic acids is 1. The van der Waals surface area contributed by atoms with Crippen LogP contribution in [0.25, 0.3) is 0 Å². The van der Waals surface area contributed by atoms with Crippen molar-refractivity contribution < 1.29 is 19.9 Å². The van der Waals surface area contributed by atoms with Crippen molar-refractivity contribution in [1.29, 1.82) is 0 Å². The highest BCUT2D eigenvalue weighted by molar-refractivity contribution is 6.60. The molecular formula is C6H7BN2O4. The Morgan fingerprint density at radius 1 is 1.46 bits per heavy atom. The molecule has 6 nitrogen and oxygen atoms in total. The van der Waals surface area contributed by atoms with Gasteiger partial charge >= 0.3 is 13.1 Å². The lowest BCUT2D eigenvalue weighted by Crippen LogP contribution is -2.35. The van der Waals surface area contributed by atoms with Crippen molar-refractivity contribution >= 4 is 24.2 Å². The fraction of sp³-hybridized carbons (Fsp3) is 0. The van der Waals surface area contributed by atoms with Gasteiger partial charge in [0.1, 0.15) is 0 Å². The third-order valence-electron chi connectivity index (χ3n) is 1.50. The van der Waals surface area contributed by atoms with Gasteiger partial charge in [0, 0.05) is 11.7 Å². The first-order valence-corrected chi connectivity index (χ1v) is 3.37. The topological polar surface area (TPSA) is 117 Å². The maximum absolute atomic E-state index is 10.6. The number of pyridine rings is 1. The summed E-state index contributed by atoms with van der Waals surface area (Å²) in [6.07, 6.45) is 2.18. The van der Waals surface area contributed by atoms with Crippen LogP contribution in [0.4, 0.5) is 5.69 Å². The van der Waals surface area contributed by atoms with Crippen LogP contribution in [0.2, 0.25) is 0 Å². The smallest absolute Gasteiger partial charge is 0.478 e. The monoisotopic (exact) mass is 182 g/mol. The predicted octanol–water partition coefficient (Wildman–Crippen LogP) is -1.96. The van der Waals surface area contributed by atoms with Crippen LogP contribution >= 0.6 is 0 Å². The summed E-state index contributed by atoms with van der Waals surface area (Å²) >= 11 is 0. The first-order valence-electron chi connectivity index (χ1n) is 3.37. The lowest BCUT2D eigenvalue weighted by atomic mass is 9.78. The standard InChI is InChI=1S/C6H7BN2O4/c8-4-2-9-1-3(7(12)13)5(4)6(10)11/h1-2,12-13H,8H2,(H,10,11). The van der Waals surface area contributed by atoms with Crippen LogP contribution in [0.5, 0.6) is 0 Å². The third-order valence-corrected chi connectivity index (χ3v) is 1.50. The number of nitrogen functional groups attached to an aromatic ring is 1. The molecule has 0 amide bonds. The van der Waals surface area contributed by atoms with Crippen molar-refractivity contribution in [2.24, 2.45) is 0 Å². The van der Waals surface area contributed by atoms with Crippen molar-refractivity contribution in [2.45, 2.75) is 0 Å². The first kappa shape index (κ1) is 9.49. The summed E-state index contributed by atoms with van der Waals surface area (Å²) in [6, 6.07) is 0. The fourth-order valence-electron chi connectivity index (χ4n) is 0.936. The molecule has 0 atom stereocenters. The summed E-state index contributed by atoms with van der Waals surface area (Å²) in [7, 11) is -1.89. The molecule has 0 saturated carbocycles. The van der Waals surface area contributed by atoms with Crippen molar-refractivity contribution in [2.75, 3.05) is 5.73 Å². The van der Waals surface area contributed by atoms with Gasteiger partial charge in [-0.05, 0) is 0 Å². The number of hydrogen-bond donors (Lipinski definition) is 4. The highest BCUT2D eigenvalue weighted by Gasteiger charge is 2.22. The van der Waals surface area contributed by atoms with E-state index in [4.69, 9.17) is 20.9 Å². The lowest BCUT2D eigenvalue weighted by molar-refractivity contribution is 0.0699. The van der Waals surface area contributed by atoms with Crippen molar-refractivity contribution in [1.82, 2.24) is 4.98 Å². The molecule has 7 heteroatoms. The number of nitrogens with two attached hydrogens (primary N) is 1. The van der Waals surface area contributed by atoms with E-state index >= 15 is 0 Å². The van der Waals surface area contributed by atoms with Gasteiger partial charge in [0.2, 0.25) is 0 Å². The van der Waals surface area contributed by atoms with Gasteiger partial charge in [-0.3, -0.25) is 4.98 Å². The molecule has 1 heterocycles. The maximum Gasteiger partial charge on any atom is 0.490 e. The minimum Gasteiger partial charge on any atom is -0.478 e. The number of nitrogens with zero attached hydrogens (tertiary/aromatic N) is 1. The Labute approximate surface area is 73.8 Å². The molecule has 0 aromatic carbocycles. The van der Waals surface area contributed by atoms with E-state index in [1.54, 1.807) is 0 Å². The van der Waals surface area contributed by atoms with E-state index in [-0.39, 0.29) is 16.7 Å². The zero-order valence-electron chi connectivity index (χ0n) is 6.51. The van der Waals surface area contributed by atoms with Gasteiger partial charge < -0.3 is 20.9 Å². The molecule has 0 saturated heterocycles. The van der Waals surface area contributed by atoms with Gasteiger partial charge in [0.05, 0.1) is 17.4 Å².